The van der Waals surface area contributed by atoms with Gasteiger partial charge in [-0.3, -0.25) is 9.89 Å². The maximum absolute atomic E-state index is 12.2. The second kappa shape index (κ2) is 4.75. The molecule has 0 atom stereocenters. The second-order valence-corrected chi connectivity index (χ2v) is 5.39. The number of carbonyl (C=O) groups excluding carboxylic acids is 1. The van der Waals surface area contributed by atoms with Gasteiger partial charge in [0.1, 0.15) is 5.82 Å². The number of anilines is 1. The Balaban J connectivity index is 1.95. The third-order valence-corrected chi connectivity index (χ3v) is 3.53. The van der Waals surface area contributed by atoms with Gasteiger partial charge in [0.05, 0.1) is 11.1 Å². The largest absolute Gasteiger partial charge is 0.306 e. The number of rotatable bonds is 2. The molecule has 0 aliphatic carbocycles. The number of H-pyrrole nitrogens is 1. The highest BCUT2D eigenvalue weighted by molar-refractivity contribution is 9.10. The van der Waals surface area contributed by atoms with Crippen molar-refractivity contribution in [2.75, 3.05) is 5.32 Å². The summed E-state index contributed by atoms with van der Waals surface area (Å²) in [5.41, 5.74) is 2.11. The lowest BCUT2D eigenvalue weighted by molar-refractivity contribution is 0.102. The van der Waals surface area contributed by atoms with Gasteiger partial charge < -0.3 is 5.32 Å². The molecule has 0 spiro atoms. The fraction of sp³-hybridized carbons (Fsp3) is 0.154. The molecule has 0 aliphatic heterocycles. The standard InChI is InChI=1S/C13H12BrN5O/c1-7-10-11(16-17-12(10)19(2)18-7)15-13(20)8-4-3-5-9(14)6-8/h3-6H,1-2H3,(H2,15,16,17,20). The molecular formula is C13H12BrN5O. The zero-order valence-electron chi connectivity index (χ0n) is 10.9. The third kappa shape index (κ3) is 2.09. The van der Waals surface area contributed by atoms with Crippen molar-refractivity contribution in [1.29, 1.82) is 0 Å². The van der Waals surface area contributed by atoms with E-state index in [4.69, 9.17) is 0 Å². The Kier molecular flexibility index (Phi) is 3.06. The zero-order chi connectivity index (χ0) is 14.3. The van der Waals surface area contributed by atoms with Crippen LogP contribution in [0, 0.1) is 6.92 Å². The second-order valence-electron chi connectivity index (χ2n) is 4.47. The molecule has 1 aromatic carbocycles. The van der Waals surface area contributed by atoms with E-state index in [-0.39, 0.29) is 5.91 Å². The van der Waals surface area contributed by atoms with Crippen molar-refractivity contribution in [2.24, 2.45) is 7.05 Å². The zero-order valence-corrected chi connectivity index (χ0v) is 12.5. The van der Waals surface area contributed by atoms with Gasteiger partial charge in [-0.2, -0.15) is 10.2 Å². The summed E-state index contributed by atoms with van der Waals surface area (Å²) in [6, 6.07) is 7.20. The van der Waals surface area contributed by atoms with Gasteiger partial charge in [-0.1, -0.05) is 22.0 Å². The number of hydrogen-bond donors (Lipinski definition) is 2. The van der Waals surface area contributed by atoms with E-state index in [9.17, 15) is 4.79 Å². The van der Waals surface area contributed by atoms with Crippen molar-refractivity contribution in [2.45, 2.75) is 6.92 Å². The smallest absolute Gasteiger partial charge is 0.256 e. The van der Waals surface area contributed by atoms with Crippen molar-refractivity contribution in [1.82, 2.24) is 20.0 Å². The molecule has 3 rings (SSSR count). The van der Waals surface area contributed by atoms with E-state index in [1.807, 2.05) is 26.1 Å². The highest BCUT2D eigenvalue weighted by Crippen LogP contribution is 2.24. The van der Waals surface area contributed by atoms with E-state index in [1.54, 1.807) is 16.8 Å². The third-order valence-electron chi connectivity index (χ3n) is 3.04. The summed E-state index contributed by atoms with van der Waals surface area (Å²) in [4.78, 5) is 12.2. The SMILES string of the molecule is Cc1nn(C)c2n[nH]c(NC(=O)c3cccc(Br)c3)c12. The number of aromatic nitrogens is 4. The van der Waals surface area contributed by atoms with E-state index < -0.39 is 0 Å². The van der Waals surface area contributed by atoms with E-state index in [0.717, 1.165) is 15.6 Å². The molecule has 0 fully saturated rings. The molecule has 0 saturated carbocycles. The van der Waals surface area contributed by atoms with Gasteiger partial charge in [-0.15, -0.1) is 0 Å². The fourth-order valence-corrected chi connectivity index (χ4v) is 2.54. The van der Waals surface area contributed by atoms with E-state index in [1.165, 1.54) is 0 Å². The topological polar surface area (TPSA) is 75.6 Å². The number of aromatic amines is 1. The molecule has 6 nitrogen and oxygen atoms in total. The molecule has 0 radical (unpaired) electrons. The van der Waals surface area contributed by atoms with E-state index >= 15 is 0 Å². The number of halogens is 1. The minimum Gasteiger partial charge on any atom is -0.306 e. The first-order chi connectivity index (χ1) is 9.56. The van der Waals surface area contributed by atoms with Crippen molar-refractivity contribution < 1.29 is 4.79 Å². The Morgan fingerprint density at radius 2 is 2.25 bits per heavy atom. The predicted octanol–water partition coefficient (Wildman–Crippen LogP) is 2.62. The summed E-state index contributed by atoms with van der Waals surface area (Å²) in [5, 5.41) is 14.9. The van der Waals surface area contributed by atoms with Gasteiger partial charge in [-0.25, -0.2) is 4.68 Å². The summed E-state index contributed by atoms with van der Waals surface area (Å²) in [7, 11) is 1.82. The lowest BCUT2D eigenvalue weighted by Gasteiger charge is -2.03. The Labute approximate surface area is 123 Å². The fourth-order valence-electron chi connectivity index (χ4n) is 2.14. The van der Waals surface area contributed by atoms with Crippen LogP contribution in [0.5, 0.6) is 0 Å². The molecule has 2 N–H and O–H groups in total. The van der Waals surface area contributed by atoms with Crippen molar-refractivity contribution >= 4 is 38.7 Å². The highest BCUT2D eigenvalue weighted by Gasteiger charge is 2.16. The van der Waals surface area contributed by atoms with Crippen molar-refractivity contribution in [3.05, 3.63) is 40.0 Å². The van der Waals surface area contributed by atoms with Gasteiger partial charge in [-0.05, 0) is 25.1 Å². The van der Waals surface area contributed by atoms with Gasteiger partial charge >= 0.3 is 0 Å². The van der Waals surface area contributed by atoms with Crippen molar-refractivity contribution in [3.63, 3.8) is 0 Å². The van der Waals surface area contributed by atoms with Gasteiger partial charge in [0.15, 0.2) is 5.65 Å². The Bertz CT molecular complexity index is 804. The average molecular weight is 334 g/mol. The highest BCUT2D eigenvalue weighted by atomic mass is 79.9. The van der Waals surface area contributed by atoms with Crippen LogP contribution >= 0.6 is 15.9 Å². The maximum Gasteiger partial charge on any atom is 0.256 e. The monoisotopic (exact) mass is 333 g/mol. The molecule has 2 aromatic heterocycles. The van der Waals surface area contributed by atoms with E-state index in [2.05, 4.69) is 36.5 Å². The number of amides is 1. The number of fused-ring (bicyclic) bond motifs is 1. The maximum atomic E-state index is 12.2. The van der Waals surface area contributed by atoms with Crippen LogP contribution in [0.2, 0.25) is 0 Å². The molecule has 3 aromatic rings. The van der Waals surface area contributed by atoms with Crippen molar-refractivity contribution in [3.8, 4) is 0 Å². The quantitative estimate of drug-likeness (QED) is 0.756. The van der Waals surface area contributed by atoms with Crippen LogP contribution in [0.3, 0.4) is 0 Å². The van der Waals surface area contributed by atoms with Crippen LogP contribution in [-0.2, 0) is 7.05 Å². The molecular weight excluding hydrogens is 322 g/mol. The first kappa shape index (κ1) is 12.9. The van der Waals surface area contributed by atoms with Crippen LogP contribution in [0.4, 0.5) is 5.82 Å². The van der Waals surface area contributed by atoms with Crippen LogP contribution in [0.15, 0.2) is 28.7 Å². The lowest BCUT2D eigenvalue weighted by atomic mass is 10.2. The first-order valence-corrected chi connectivity index (χ1v) is 6.80. The molecule has 0 bridgehead atoms. The van der Waals surface area contributed by atoms with Crippen LogP contribution in [0.1, 0.15) is 16.1 Å². The molecule has 0 saturated heterocycles. The van der Waals surface area contributed by atoms with Gasteiger partial charge in [0.25, 0.3) is 5.91 Å². The summed E-state index contributed by atoms with van der Waals surface area (Å²) in [6.45, 7) is 1.88. The lowest BCUT2D eigenvalue weighted by Crippen LogP contribution is -2.12. The Morgan fingerprint density at radius 3 is 3.00 bits per heavy atom. The molecule has 1 amide bonds. The average Bonchev–Trinajstić information content (AvgIpc) is 2.93. The number of aryl methyl sites for hydroxylation is 2. The predicted molar refractivity (Wildman–Crippen MR) is 79.7 cm³/mol. The number of benzene rings is 1. The summed E-state index contributed by atoms with van der Waals surface area (Å²) < 4.78 is 2.54. The molecule has 2 heterocycles. The molecule has 20 heavy (non-hydrogen) atoms. The van der Waals surface area contributed by atoms with Crippen LogP contribution < -0.4 is 5.32 Å². The Morgan fingerprint density at radius 1 is 1.45 bits per heavy atom. The summed E-state index contributed by atoms with van der Waals surface area (Å²) in [6.07, 6.45) is 0. The summed E-state index contributed by atoms with van der Waals surface area (Å²) >= 11 is 3.35. The van der Waals surface area contributed by atoms with Gasteiger partial charge in [0, 0.05) is 17.1 Å². The van der Waals surface area contributed by atoms with Gasteiger partial charge in [0.2, 0.25) is 0 Å². The first-order valence-electron chi connectivity index (χ1n) is 6.01. The minimum absolute atomic E-state index is 0.194. The molecule has 0 aliphatic rings. The number of carbonyl (C=O) groups is 1. The minimum atomic E-state index is -0.194. The normalized spacial score (nSPS) is 10.9. The molecule has 7 heteroatoms. The Hall–Kier alpha value is -2.15. The number of nitrogens with zero attached hydrogens (tertiary/aromatic N) is 3. The van der Waals surface area contributed by atoms with E-state index in [0.29, 0.717) is 17.0 Å². The number of hydrogen-bond acceptors (Lipinski definition) is 3. The van der Waals surface area contributed by atoms with Crippen LogP contribution in [-0.4, -0.2) is 25.9 Å². The van der Waals surface area contributed by atoms with Crippen LogP contribution in [0.25, 0.3) is 11.0 Å². The number of nitrogens with one attached hydrogen (secondary N) is 2. The molecule has 0 unspecified atom stereocenters. The molecule has 102 valence electrons. The summed E-state index contributed by atoms with van der Waals surface area (Å²) in [5.74, 6) is 0.371.